The first kappa shape index (κ1) is 11.1. The Balaban J connectivity index is 1.38. The summed E-state index contributed by atoms with van der Waals surface area (Å²) in [5, 5.41) is 0. The lowest BCUT2D eigenvalue weighted by Gasteiger charge is -2.09. The quantitative estimate of drug-likeness (QED) is 0.599. The second-order valence-electron chi connectivity index (χ2n) is 4.09. The van der Waals surface area contributed by atoms with E-state index in [0.717, 1.165) is 19.1 Å². The van der Waals surface area contributed by atoms with Gasteiger partial charge in [-0.15, -0.1) is 0 Å². The first-order valence-corrected chi connectivity index (χ1v) is 7.54. The standard InChI is InChI=1S/C10H18O2S2/c1-8(4-13-6-9-2-11-9)5-14-7-10-3-12-10/h8-10H,2-7H2,1H3. The number of rotatable bonds is 8. The largest absolute Gasteiger partial charge is 0.372 e. The second-order valence-corrected chi connectivity index (χ2v) is 6.24. The Morgan fingerprint density at radius 1 is 1.07 bits per heavy atom. The minimum atomic E-state index is 0.583. The predicted octanol–water partition coefficient (Wildman–Crippen LogP) is 1.89. The lowest BCUT2D eigenvalue weighted by Crippen LogP contribution is -2.05. The molecule has 2 nitrogen and oxygen atoms in total. The fourth-order valence-corrected chi connectivity index (χ4v) is 3.55. The van der Waals surface area contributed by atoms with Crippen LogP contribution >= 0.6 is 23.5 Å². The van der Waals surface area contributed by atoms with E-state index in [-0.39, 0.29) is 0 Å². The summed E-state index contributed by atoms with van der Waals surface area (Å²) in [6, 6.07) is 0. The zero-order valence-electron chi connectivity index (χ0n) is 8.61. The van der Waals surface area contributed by atoms with E-state index < -0.39 is 0 Å². The van der Waals surface area contributed by atoms with Crippen LogP contribution in [0.3, 0.4) is 0 Å². The van der Waals surface area contributed by atoms with Crippen LogP contribution in [-0.2, 0) is 9.47 Å². The Bertz CT molecular complexity index is 152. The molecule has 2 aliphatic heterocycles. The van der Waals surface area contributed by atoms with Gasteiger partial charge in [0.1, 0.15) is 0 Å². The van der Waals surface area contributed by atoms with Crippen LogP contribution in [-0.4, -0.2) is 48.4 Å². The summed E-state index contributed by atoms with van der Waals surface area (Å²) in [6.07, 6.45) is 1.17. The zero-order valence-corrected chi connectivity index (χ0v) is 10.2. The highest BCUT2D eigenvalue weighted by Gasteiger charge is 2.23. The van der Waals surface area contributed by atoms with Crippen molar-refractivity contribution < 1.29 is 9.47 Å². The lowest BCUT2D eigenvalue weighted by atomic mass is 10.3. The molecular formula is C10H18O2S2. The molecule has 2 atom stereocenters. The highest BCUT2D eigenvalue weighted by molar-refractivity contribution is 8.00. The minimum absolute atomic E-state index is 0.583. The molecule has 2 saturated heterocycles. The van der Waals surface area contributed by atoms with Gasteiger partial charge in [-0.3, -0.25) is 0 Å². The monoisotopic (exact) mass is 234 g/mol. The predicted molar refractivity (Wildman–Crippen MR) is 63.3 cm³/mol. The van der Waals surface area contributed by atoms with E-state index in [1.54, 1.807) is 0 Å². The first-order chi connectivity index (χ1) is 6.84. The van der Waals surface area contributed by atoms with Crippen molar-refractivity contribution in [3.05, 3.63) is 0 Å². The minimum Gasteiger partial charge on any atom is -0.372 e. The molecule has 0 bridgehead atoms. The van der Waals surface area contributed by atoms with E-state index in [1.807, 2.05) is 23.5 Å². The maximum atomic E-state index is 5.17. The van der Waals surface area contributed by atoms with Gasteiger partial charge in [0.2, 0.25) is 0 Å². The molecule has 2 rings (SSSR count). The summed E-state index contributed by atoms with van der Waals surface area (Å²) in [5.41, 5.74) is 0. The van der Waals surface area contributed by atoms with E-state index in [4.69, 9.17) is 9.47 Å². The van der Waals surface area contributed by atoms with Gasteiger partial charge in [0, 0.05) is 11.5 Å². The third-order valence-electron chi connectivity index (χ3n) is 2.22. The van der Waals surface area contributed by atoms with Crippen molar-refractivity contribution in [1.29, 1.82) is 0 Å². The van der Waals surface area contributed by atoms with Crippen LogP contribution in [0.1, 0.15) is 6.92 Å². The molecule has 0 N–H and O–H groups in total. The van der Waals surface area contributed by atoms with Gasteiger partial charge in [-0.25, -0.2) is 0 Å². The average Bonchev–Trinajstić information content (AvgIpc) is 2.99. The fourth-order valence-electron chi connectivity index (χ4n) is 1.18. The summed E-state index contributed by atoms with van der Waals surface area (Å²) in [5.74, 6) is 5.76. The van der Waals surface area contributed by atoms with Crippen LogP contribution in [0.5, 0.6) is 0 Å². The molecular weight excluding hydrogens is 216 g/mol. The second kappa shape index (κ2) is 5.64. The number of thioether (sulfide) groups is 2. The Morgan fingerprint density at radius 3 is 1.86 bits per heavy atom. The number of epoxide rings is 2. The highest BCUT2D eigenvalue weighted by Crippen LogP contribution is 2.22. The number of hydrogen-bond donors (Lipinski definition) is 0. The fraction of sp³-hybridized carbons (Fsp3) is 1.00. The molecule has 82 valence electrons. The third kappa shape index (κ3) is 4.91. The molecule has 14 heavy (non-hydrogen) atoms. The van der Waals surface area contributed by atoms with Crippen LogP contribution in [0.2, 0.25) is 0 Å². The zero-order chi connectivity index (χ0) is 9.80. The van der Waals surface area contributed by atoms with E-state index >= 15 is 0 Å². The normalized spacial score (nSPS) is 31.5. The molecule has 2 heterocycles. The van der Waals surface area contributed by atoms with Gasteiger partial charge in [-0.05, 0) is 17.4 Å². The van der Waals surface area contributed by atoms with E-state index in [9.17, 15) is 0 Å². The maximum absolute atomic E-state index is 5.17. The lowest BCUT2D eigenvalue weighted by molar-refractivity contribution is 0.426. The van der Waals surface area contributed by atoms with Crippen LogP contribution in [0, 0.1) is 5.92 Å². The van der Waals surface area contributed by atoms with E-state index in [0.29, 0.717) is 12.2 Å². The molecule has 2 aliphatic rings. The van der Waals surface area contributed by atoms with Gasteiger partial charge in [0.15, 0.2) is 0 Å². The van der Waals surface area contributed by atoms with Crippen molar-refractivity contribution >= 4 is 23.5 Å². The van der Waals surface area contributed by atoms with Gasteiger partial charge in [0.05, 0.1) is 25.4 Å². The smallest absolute Gasteiger partial charge is 0.0900 e. The van der Waals surface area contributed by atoms with Crippen molar-refractivity contribution in [3.63, 3.8) is 0 Å². The van der Waals surface area contributed by atoms with Gasteiger partial charge in [-0.1, -0.05) is 6.92 Å². The topological polar surface area (TPSA) is 25.1 Å². The molecule has 2 unspecified atom stereocenters. The summed E-state index contributed by atoms with van der Waals surface area (Å²) >= 11 is 4.07. The van der Waals surface area contributed by atoms with Crippen LogP contribution in [0.4, 0.5) is 0 Å². The van der Waals surface area contributed by atoms with Crippen molar-refractivity contribution in [1.82, 2.24) is 0 Å². The number of ether oxygens (including phenoxy) is 2. The molecule has 0 saturated carbocycles. The van der Waals surface area contributed by atoms with Crippen molar-refractivity contribution in [2.75, 3.05) is 36.2 Å². The molecule has 0 amide bonds. The first-order valence-electron chi connectivity index (χ1n) is 5.23. The van der Waals surface area contributed by atoms with Gasteiger partial charge in [-0.2, -0.15) is 23.5 Å². The van der Waals surface area contributed by atoms with Crippen LogP contribution in [0.25, 0.3) is 0 Å². The molecule has 4 heteroatoms. The molecule has 0 aromatic rings. The van der Waals surface area contributed by atoms with Gasteiger partial charge >= 0.3 is 0 Å². The van der Waals surface area contributed by atoms with Crippen LogP contribution in [0.15, 0.2) is 0 Å². The molecule has 2 fully saturated rings. The molecule has 0 radical (unpaired) electrons. The van der Waals surface area contributed by atoms with Crippen molar-refractivity contribution in [2.24, 2.45) is 5.92 Å². The van der Waals surface area contributed by atoms with E-state index in [2.05, 4.69) is 6.92 Å². The van der Waals surface area contributed by atoms with Gasteiger partial charge < -0.3 is 9.47 Å². The molecule has 0 aromatic carbocycles. The Labute approximate surface area is 94.5 Å². The summed E-state index contributed by atoms with van der Waals surface area (Å²) in [7, 11) is 0. The molecule has 0 spiro atoms. The molecule has 0 aliphatic carbocycles. The van der Waals surface area contributed by atoms with Crippen LogP contribution < -0.4 is 0 Å². The SMILES string of the molecule is CC(CSCC1CO1)CSCC1CO1. The Kier molecular flexibility index (Phi) is 4.47. The average molecular weight is 234 g/mol. The van der Waals surface area contributed by atoms with Crippen molar-refractivity contribution in [3.8, 4) is 0 Å². The Hall–Kier alpha value is 0.620. The Morgan fingerprint density at radius 2 is 1.50 bits per heavy atom. The summed E-state index contributed by atoms with van der Waals surface area (Å²) in [6.45, 7) is 4.33. The van der Waals surface area contributed by atoms with Gasteiger partial charge in [0.25, 0.3) is 0 Å². The molecule has 0 aromatic heterocycles. The highest BCUT2D eigenvalue weighted by atomic mass is 32.2. The summed E-state index contributed by atoms with van der Waals surface area (Å²) in [4.78, 5) is 0. The van der Waals surface area contributed by atoms with E-state index in [1.165, 1.54) is 23.0 Å². The maximum Gasteiger partial charge on any atom is 0.0900 e. The summed E-state index contributed by atoms with van der Waals surface area (Å²) < 4.78 is 10.3. The third-order valence-corrected chi connectivity index (χ3v) is 5.04. The number of hydrogen-bond acceptors (Lipinski definition) is 4. The van der Waals surface area contributed by atoms with Crippen molar-refractivity contribution in [2.45, 2.75) is 19.1 Å².